The van der Waals surface area contributed by atoms with E-state index in [2.05, 4.69) is 24.3 Å². The predicted octanol–water partition coefficient (Wildman–Crippen LogP) is 3.71. The van der Waals surface area contributed by atoms with E-state index in [9.17, 15) is 9.59 Å². The molecule has 1 aliphatic carbocycles. The SMILES string of the molecule is Cc1ccc2c(cnn2C(=O)CCC(=O)N[C@@H]2CCC[C@H](C)[C@@H]2C)c1. The summed E-state index contributed by atoms with van der Waals surface area (Å²) in [7, 11) is 0. The first-order valence-corrected chi connectivity index (χ1v) is 9.22. The average molecular weight is 341 g/mol. The Morgan fingerprint density at radius 2 is 2.04 bits per heavy atom. The fourth-order valence-electron chi connectivity index (χ4n) is 3.74. The molecule has 3 rings (SSSR count). The van der Waals surface area contributed by atoms with Gasteiger partial charge in [-0.1, -0.05) is 38.3 Å². The molecule has 0 radical (unpaired) electrons. The van der Waals surface area contributed by atoms with E-state index in [0.29, 0.717) is 11.8 Å². The summed E-state index contributed by atoms with van der Waals surface area (Å²) in [5.74, 6) is 0.956. The van der Waals surface area contributed by atoms with Crippen molar-refractivity contribution in [2.24, 2.45) is 11.8 Å². The van der Waals surface area contributed by atoms with Crippen molar-refractivity contribution in [2.75, 3.05) is 0 Å². The van der Waals surface area contributed by atoms with E-state index in [4.69, 9.17) is 0 Å². The summed E-state index contributed by atoms with van der Waals surface area (Å²) >= 11 is 0. The van der Waals surface area contributed by atoms with Gasteiger partial charge in [-0.3, -0.25) is 9.59 Å². The van der Waals surface area contributed by atoms with Crippen molar-refractivity contribution in [3.05, 3.63) is 30.0 Å². The molecule has 5 nitrogen and oxygen atoms in total. The summed E-state index contributed by atoms with van der Waals surface area (Å²) in [5.41, 5.74) is 1.93. The van der Waals surface area contributed by atoms with Crippen LogP contribution in [-0.4, -0.2) is 27.6 Å². The summed E-state index contributed by atoms with van der Waals surface area (Å²) in [6, 6.07) is 6.11. The van der Waals surface area contributed by atoms with Crippen LogP contribution in [0.2, 0.25) is 0 Å². The van der Waals surface area contributed by atoms with E-state index in [1.165, 1.54) is 11.1 Å². The largest absolute Gasteiger partial charge is 0.353 e. The van der Waals surface area contributed by atoms with Crippen LogP contribution in [-0.2, 0) is 4.79 Å². The third kappa shape index (κ3) is 3.91. The van der Waals surface area contributed by atoms with Gasteiger partial charge in [0.25, 0.3) is 0 Å². The predicted molar refractivity (Wildman–Crippen MR) is 98.4 cm³/mol. The lowest BCUT2D eigenvalue weighted by atomic mass is 9.78. The van der Waals surface area contributed by atoms with Gasteiger partial charge in [0.1, 0.15) is 0 Å². The van der Waals surface area contributed by atoms with Gasteiger partial charge in [0.05, 0.1) is 11.7 Å². The molecule has 134 valence electrons. The van der Waals surface area contributed by atoms with Gasteiger partial charge in [-0.25, -0.2) is 4.68 Å². The molecule has 3 atom stereocenters. The number of aryl methyl sites for hydroxylation is 1. The van der Waals surface area contributed by atoms with Crippen molar-refractivity contribution >= 4 is 22.7 Å². The first-order valence-electron chi connectivity index (χ1n) is 9.22. The number of nitrogens with one attached hydrogen (secondary N) is 1. The lowest BCUT2D eigenvalue weighted by molar-refractivity contribution is -0.122. The second-order valence-electron chi connectivity index (χ2n) is 7.45. The molecule has 25 heavy (non-hydrogen) atoms. The molecule has 1 amide bonds. The van der Waals surface area contributed by atoms with E-state index in [1.807, 2.05) is 25.1 Å². The van der Waals surface area contributed by atoms with Crippen molar-refractivity contribution in [2.45, 2.75) is 58.9 Å². The normalized spacial score (nSPS) is 23.6. The van der Waals surface area contributed by atoms with E-state index in [1.54, 1.807) is 6.20 Å². The smallest absolute Gasteiger partial charge is 0.247 e. The fraction of sp³-hybridized carbons (Fsp3) is 0.550. The Labute approximate surface area is 148 Å². The Hall–Kier alpha value is -2.17. The van der Waals surface area contributed by atoms with Crippen molar-refractivity contribution in [1.82, 2.24) is 15.1 Å². The van der Waals surface area contributed by atoms with E-state index in [0.717, 1.165) is 29.3 Å². The van der Waals surface area contributed by atoms with E-state index in [-0.39, 0.29) is 30.7 Å². The number of nitrogens with zero attached hydrogens (tertiary/aromatic N) is 2. The Morgan fingerprint density at radius 1 is 1.24 bits per heavy atom. The fourth-order valence-corrected chi connectivity index (χ4v) is 3.74. The number of benzene rings is 1. The molecule has 1 fully saturated rings. The molecule has 0 saturated heterocycles. The minimum Gasteiger partial charge on any atom is -0.353 e. The van der Waals surface area contributed by atoms with Crippen LogP contribution in [0.5, 0.6) is 0 Å². The second-order valence-corrected chi connectivity index (χ2v) is 7.45. The molecule has 1 heterocycles. The van der Waals surface area contributed by atoms with Gasteiger partial charge in [0, 0.05) is 24.3 Å². The molecule has 1 saturated carbocycles. The highest BCUT2D eigenvalue weighted by molar-refractivity contribution is 5.92. The van der Waals surface area contributed by atoms with Gasteiger partial charge in [-0.05, 0) is 37.3 Å². The maximum atomic E-state index is 12.4. The average Bonchev–Trinajstić information content (AvgIpc) is 3.00. The van der Waals surface area contributed by atoms with Crippen LogP contribution in [0, 0.1) is 18.8 Å². The number of fused-ring (bicyclic) bond motifs is 1. The van der Waals surface area contributed by atoms with Crippen molar-refractivity contribution < 1.29 is 9.59 Å². The molecule has 0 unspecified atom stereocenters. The topological polar surface area (TPSA) is 64.0 Å². The van der Waals surface area contributed by atoms with Gasteiger partial charge >= 0.3 is 0 Å². The maximum absolute atomic E-state index is 12.4. The Balaban J connectivity index is 1.57. The van der Waals surface area contributed by atoms with Crippen LogP contribution >= 0.6 is 0 Å². The first kappa shape index (κ1) is 17.6. The van der Waals surface area contributed by atoms with Gasteiger partial charge in [0.15, 0.2) is 0 Å². The maximum Gasteiger partial charge on any atom is 0.247 e. The Morgan fingerprint density at radius 3 is 2.84 bits per heavy atom. The van der Waals surface area contributed by atoms with Gasteiger partial charge < -0.3 is 5.32 Å². The van der Waals surface area contributed by atoms with Crippen LogP contribution in [0.15, 0.2) is 24.4 Å². The number of rotatable bonds is 4. The lowest BCUT2D eigenvalue weighted by Crippen LogP contribution is -2.43. The minimum absolute atomic E-state index is 0.0355. The molecular formula is C20H27N3O2. The highest BCUT2D eigenvalue weighted by Crippen LogP contribution is 2.29. The second kappa shape index (κ2) is 7.38. The molecule has 0 spiro atoms. The van der Waals surface area contributed by atoms with Gasteiger partial charge in [0.2, 0.25) is 11.8 Å². The summed E-state index contributed by atoms with van der Waals surface area (Å²) in [6.07, 6.45) is 5.52. The number of carbonyl (C=O) groups excluding carboxylic acids is 2. The summed E-state index contributed by atoms with van der Waals surface area (Å²) in [4.78, 5) is 24.7. The lowest BCUT2D eigenvalue weighted by Gasteiger charge is -2.34. The standard InChI is InChI=1S/C20H27N3O2/c1-13-7-8-18-16(11-13)12-21-23(18)20(25)10-9-19(24)22-17-6-4-5-14(2)15(17)3/h7-8,11-12,14-15,17H,4-6,9-10H2,1-3H3,(H,22,24)/t14-,15-,17+/m0/s1. The minimum atomic E-state index is -0.140. The summed E-state index contributed by atoms with van der Waals surface area (Å²) in [5, 5.41) is 8.26. The zero-order chi connectivity index (χ0) is 18.0. The quantitative estimate of drug-likeness (QED) is 0.922. The Kier molecular flexibility index (Phi) is 5.21. The Bertz CT molecular complexity index is 780. The van der Waals surface area contributed by atoms with Gasteiger partial charge in [-0.2, -0.15) is 5.10 Å². The molecule has 0 bridgehead atoms. The first-order chi connectivity index (χ1) is 12.0. The van der Waals surface area contributed by atoms with Crippen LogP contribution in [0.4, 0.5) is 0 Å². The van der Waals surface area contributed by atoms with E-state index < -0.39 is 0 Å². The molecule has 1 aliphatic rings. The summed E-state index contributed by atoms with van der Waals surface area (Å²) in [6.45, 7) is 6.46. The van der Waals surface area contributed by atoms with Crippen molar-refractivity contribution in [3.8, 4) is 0 Å². The molecule has 2 aromatic rings. The van der Waals surface area contributed by atoms with E-state index >= 15 is 0 Å². The molecule has 1 aromatic carbocycles. The number of hydrogen-bond acceptors (Lipinski definition) is 3. The third-order valence-electron chi connectivity index (χ3n) is 5.58. The van der Waals surface area contributed by atoms with Crippen LogP contribution < -0.4 is 5.32 Å². The van der Waals surface area contributed by atoms with Crippen LogP contribution in [0.25, 0.3) is 10.9 Å². The zero-order valence-corrected chi connectivity index (χ0v) is 15.3. The zero-order valence-electron chi connectivity index (χ0n) is 15.3. The number of hydrogen-bond donors (Lipinski definition) is 1. The number of aromatic nitrogens is 2. The highest BCUT2D eigenvalue weighted by Gasteiger charge is 2.28. The number of amides is 1. The molecule has 1 aromatic heterocycles. The van der Waals surface area contributed by atoms with Crippen LogP contribution in [0.3, 0.4) is 0 Å². The molecular weight excluding hydrogens is 314 g/mol. The number of carbonyl (C=O) groups is 2. The molecule has 0 aliphatic heterocycles. The van der Waals surface area contributed by atoms with Crippen molar-refractivity contribution in [1.29, 1.82) is 0 Å². The monoisotopic (exact) mass is 341 g/mol. The van der Waals surface area contributed by atoms with Crippen molar-refractivity contribution in [3.63, 3.8) is 0 Å². The summed E-state index contributed by atoms with van der Waals surface area (Å²) < 4.78 is 1.41. The van der Waals surface area contributed by atoms with Gasteiger partial charge in [-0.15, -0.1) is 0 Å². The molecule has 1 N–H and O–H groups in total. The molecule has 5 heteroatoms. The third-order valence-corrected chi connectivity index (χ3v) is 5.58. The highest BCUT2D eigenvalue weighted by atomic mass is 16.2. The van der Waals surface area contributed by atoms with Crippen LogP contribution in [0.1, 0.15) is 56.3 Å².